The van der Waals surface area contributed by atoms with E-state index < -0.39 is 0 Å². The van der Waals surface area contributed by atoms with Gasteiger partial charge in [0.05, 0.1) is 13.2 Å². The summed E-state index contributed by atoms with van der Waals surface area (Å²) >= 11 is 0. The first-order valence-electron chi connectivity index (χ1n) is 5.22. The largest absolute Gasteiger partial charge is 0.394 e. The summed E-state index contributed by atoms with van der Waals surface area (Å²) < 4.78 is 0. The van der Waals surface area contributed by atoms with Gasteiger partial charge >= 0.3 is 0 Å². The van der Waals surface area contributed by atoms with Gasteiger partial charge < -0.3 is 16.2 Å². The van der Waals surface area contributed by atoms with E-state index in [1.54, 1.807) is 0 Å². The Labute approximate surface area is 84.9 Å². The smallest absolute Gasteiger partial charge is 0.231 e. The number of rotatable bonds is 4. The summed E-state index contributed by atoms with van der Waals surface area (Å²) in [6.07, 6.45) is 4.06. The minimum absolute atomic E-state index is 0.0903. The normalized spacial score (nSPS) is 32.9. The number of carbonyl (C=O) groups is 1. The van der Waals surface area contributed by atoms with Gasteiger partial charge in [-0.1, -0.05) is 6.92 Å². The van der Waals surface area contributed by atoms with Crippen LogP contribution in [0.4, 0.5) is 0 Å². The highest BCUT2D eigenvalue weighted by Crippen LogP contribution is 2.31. The van der Waals surface area contributed by atoms with Gasteiger partial charge in [-0.05, 0) is 31.6 Å². The van der Waals surface area contributed by atoms with Crippen molar-refractivity contribution in [3.8, 4) is 0 Å². The Balaban J connectivity index is 2.45. The Kier molecular flexibility index (Phi) is 3.89. The Morgan fingerprint density at radius 3 is 2.57 bits per heavy atom. The topological polar surface area (TPSA) is 75.3 Å². The van der Waals surface area contributed by atoms with Crippen molar-refractivity contribution in [2.45, 2.75) is 38.1 Å². The van der Waals surface area contributed by atoms with Crippen molar-refractivity contribution < 1.29 is 9.90 Å². The molecule has 0 aromatic carbocycles. The molecule has 1 aliphatic carbocycles. The van der Waals surface area contributed by atoms with Crippen LogP contribution in [-0.4, -0.2) is 29.7 Å². The van der Waals surface area contributed by atoms with Crippen molar-refractivity contribution >= 4 is 5.91 Å². The van der Waals surface area contributed by atoms with Crippen LogP contribution in [0.1, 0.15) is 32.6 Å². The van der Waals surface area contributed by atoms with E-state index in [0.29, 0.717) is 0 Å². The molecule has 0 spiro atoms. The molecule has 4 heteroatoms. The SMILES string of the molecule is CC1CCC(CO)(NCC(N)=O)CC1. The van der Waals surface area contributed by atoms with E-state index in [4.69, 9.17) is 5.73 Å². The number of nitrogens with two attached hydrogens (primary N) is 1. The fraction of sp³-hybridized carbons (Fsp3) is 0.900. The number of nitrogens with one attached hydrogen (secondary N) is 1. The molecular formula is C10H20N2O2. The van der Waals surface area contributed by atoms with Gasteiger partial charge in [0, 0.05) is 5.54 Å². The van der Waals surface area contributed by atoms with E-state index in [2.05, 4.69) is 12.2 Å². The predicted octanol–water partition coefficient (Wildman–Crippen LogP) is 0.00250. The second kappa shape index (κ2) is 4.75. The number of carbonyl (C=O) groups excluding carboxylic acids is 1. The van der Waals surface area contributed by atoms with Crippen molar-refractivity contribution in [2.75, 3.05) is 13.2 Å². The summed E-state index contributed by atoms with van der Waals surface area (Å²) in [5.74, 6) is 0.363. The molecule has 1 fully saturated rings. The number of hydrogen-bond acceptors (Lipinski definition) is 3. The number of aliphatic hydroxyl groups is 1. The fourth-order valence-corrected chi connectivity index (χ4v) is 1.98. The first kappa shape index (κ1) is 11.5. The Morgan fingerprint density at radius 2 is 2.14 bits per heavy atom. The Morgan fingerprint density at radius 1 is 1.57 bits per heavy atom. The number of primary amides is 1. The van der Waals surface area contributed by atoms with Crippen molar-refractivity contribution in [2.24, 2.45) is 11.7 Å². The lowest BCUT2D eigenvalue weighted by Gasteiger charge is -2.38. The van der Waals surface area contributed by atoms with Crippen LogP contribution in [-0.2, 0) is 4.79 Å². The van der Waals surface area contributed by atoms with Crippen LogP contribution < -0.4 is 11.1 Å². The summed E-state index contributed by atoms with van der Waals surface area (Å²) in [6.45, 7) is 2.47. The van der Waals surface area contributed by atoms with Gasteiger partial charge in [-0.2, -0.15) is 0 Å². The zero-order valence-electron chi connectivity index (χ0n) is 8.75. The van der Waals surface area contributed by atoms with Crippen LogP contribution in [0, 0.1) is 5.92 Å². The maximum absolute atomic E-state index is 10.6. The molecule has 0 aromatic rings. The maximum atomic E-state index is 10.6. The highest BCUT2D eigenvalue weighted by Gasteiger charge is 2.33. The average Bonchev–Trinajstić information content (AvgIpc) is 2.18. The summed E-state index contributed by atoms with van der Waals surface area (Å²) in [5.41, 5.74) is 4.81. The lowest BCUT2D eigenvalue weighted by atomic mass is 9.77. The van der Waals surface area contributed by atoms with Gasteiger partial charge in [0.15, 0.2) is 0 Å². The molecule has 1 aliphatic rings. The third-order valence-electron chi connectivity index (χ3n) is 3.17. The highest BCUT2D eigenvalue weighted by atomic mass is 16.3. The van der Waals surface area contributed by atoms with E-state index >= 15 is 0 Å². The minimum atomic E-state index is -0.364. The van der Waals surface area contributed by atoms with E-state index in [0.717, 1.165) is 31.6 Å². The minimum Gasteiger partial charge on any atom is -0.394 e. The molecule has 0 heterocycles. The molecule has 1 saturated carbocycles. The van der Waals surface area contributed by atoms with Crippen LogP contribution in [0.2, 0.25) is 0 Å². The molecule has 14 heavy (non-hydrogen) atoms. The third-order valence-corrected chi connectivity index (χ3v) is 3.17. The van der Waals surface area contributed by atoms with E-state index in [1.165, 1.54) is 0 Å². The molecule has 0 radical (unpaired) electrons. The molecule has 82 valence electrons. The molecule has 0 saturated heterocycles. The van der Waals surface area contributed by atoms with Crippen LogP contribution in [0.25, 0.3) is 0 Å². The molecule has 4 nitrogen and oxygen atoms in total. The summed E-state index contributed by atoms with van der Waals surface area (Å²) in [5, 5.41) is 12.4. The van der Waals surface area contributed by atoms with E-state index in [1.807, 2.05) is 0 Å². The maximum Gasteiger partial charge on any atom is 0.231 e. The second-order valence-electron chi connectivity index (χ2n) is 4.44. The van der Waals surface area contributed by atoms with Gasteiger partial charge in [0.2, 0.25) is 5.91 Å². The highest BCUT2D eigenvalue weighted by molar-refractivity contribution is 5.76. The third kappa shape index (κ3) is 2.96. The standard InChI is InChI=1S/C10H20N2O2/c1-8-2-4-10(7-13,5-3-8)12-6-9(11)14/h8,12-13H,2-7H2,1H3,(H2,11,14). The Hall–Kier alpha value is -0.610. The Bertz CT molecular complexity index is 198. The van der Waals surface area contributed by atoms with Crippen molar-refractivity contribution in [3.63, 3.8) is 0 Å². The monoisotopic (exact) mass is 200 g/mol. The summed E-state index contributed by atoms with van der Waals surface area (Å²) in [4.78, 5) is 10.6. The van der Waals surface area contributed by atoms with Crippen molar-refractivity contribution in [1.29, 1.82) is 0 Å². The molecular weight excluding hydrogens is 180 g/mol. The molecule has 1 rings (SSSR count). The van der Waals surface area contributed by atoms with Crippen LogP contribution in [0.15, 0.2) is 0 Å². The lowest BCUT2D eigenvalue weighted by Crippen LogP contribution is -2.53. The van der Waals surface area contributed by atoms with Crippen molar-refractivity contribution in [3.05, 3.63) is 0 Å². The number of aliphatic hydroxyl groups excluding tert-OH is 1. The van der Waals surface area contributed by atoms with Crippen LogP contribution in [0.3, 0.4) is 0 Å². The van der Waals surface area contributed by atoms with Gasteiger partial charge in [-0.25, -0.2) is 0 Å². The van der Waals surface area contributed by atoms with E-state index in [9.17, 15) is 9.90 Å². The van der Waals surface area contributed by atoms with Gasteiger partial charge in [-0.15, -0.1) is 0 Å². The number of hydrogen-bond donors (Lipinski definition) is 3. The molecule has 0 aliphatic heterocycles. The first-order valence-corrected chi connectivity index (χ1v) is 5.22. The zero-order valence-corrected chi connectivity index (χ0v) is 8.75. The van der Waals surface area contributed by atoms with Gasteiger partial charge in [0.1, 0.15) is 0 Å². The molecule has 0 unspecified atom stereocenters. The van der Waals surface area contributed by atoms with E-state index in [-0.39, 0.29) is 24.6 Å². The van der Waals surface area contributed by atoms with Crippen LogP contribution in [0.5, 0.6) is 0 Å². The summed E-state index contributed by atoms with van der Waals surface area (Å²) in [7, 11) is 0. The average molecular weight is 200 g/mol. The van der Waals surface area contributed by atoms with Crippen LogP contribution >= 0.6 is 0 Å². The predicted molar refractivity (Wildman–Crippen MR) is 54.6 cm³/mol. The lowest BCUT2D eigenvalue weighted by molar-refractivity contribution is -0.117. The second-order valence-corrected chi connectivity index (χ2v) is 4.44. The quantitative estimate of drug-likeness (QED) is 0.598. The summed E-state index contributed by atoms with van der Waals surface area (Å²) in [6, 6.07) is 0. The molecule has 1 amide bonds. The van der Waals surface area contributed by atoms with Crippen molar-refractivity contribution in [1.82, 2.24) is 5.32 Å². The molecule has 0 bridgehead atoms. The molecule has 4 N–H and O–H groups in total. The first-order chi connectivity index (χ1) is 6.58. The molecule has 0 atom stereocenters. The fourth-order valence-electron chi connectivity index (χ4n) is 1.98. The van der Waals surface area contributed by atoms with Gasteiger partial charge in [0.25, 0.3) is 0 Å². The number of amides is 1. The zero-order chi connectivity index (χ0) is 10.6. The molecule has 0 aromatic heterocycles. The van der Waals surface area contributed by atoms with Gasteiger partial charge in [-0.3, -0.25) is 4.79 Å².